The smallest absolute Gasteiger partial charge is 0.303 e. The summed E-state index contributed by atoms with van der Waals surface area (Å²) in [6, 6.07) is 10.4. The van der Waals surface area contributed by atoms with Gasteiger partial charge in [-0.2, -0.15) is 0 Å². The van der Waals surface area contributed by atoms with Gasteiger partial charge in [0.2, 0.25) is 0 Å². The summed E-state index contributed by atoms with van der Waals surface area (Å²) in [5.74, 6) is 0.505. The van der Waals surface area contributed by atoms with Crippen LogP contribution in [0, 0.1) is 60.2 Å². The van der Waals surface area contributed by atoms with Crippen LogP contribution in [0.3, 0.4) is 0 Å². The number of carbonyl (C=O) groups is 2. The molecule has 4 aliphatic carbocycles. The molecule has 8 heteroatoms. The molecule has 50 heavy (non-hydrogen) atoms. The van der Waals surface area contributed by atoms with E-state index >= 15 is 0 Å². The van der Waals surface area contributed by atoms with Crippen LogP contribution in [-0.4, -0.2) is 55.0 Å². The van der Waals surface area contributed by atoms with Crippen molar-refractivity contribution in [2.45, 2.75) is 137 Å². The topological polar surface area (TPSA) is 140 Å². The van der Waals surface area contributed by atoms with Crippen LogP contribution in [0.15, 0.2) is 30.3 Å². The molecule has 4 unspecified atom stereocenters. The summed E-state index contributed by atoms with van der Waals surface area (Å²) in [6.07, 6.45) is 6.99. The Hall–Kier alpha value is -2.81. The molecule has 6 rings (SSSR count). The van der Waals surface area contributed by atoms with Gasteiger partial charge < -0.3 is 25.7 Å². The summed E-state index contributed by atoms with van der Waals surface area (Å²) >= 11 is 0. The van der Waals surface area contributed by atoms with Gasteiger partial charge in [0.05, 0.1) is 29.1 Å². The lowest BCUT2D eigenvalue weighted by Crippen LogP contribution is -2.63. The number of nitrogens with one attached hydrogen (secondary N) is 1. The summed E-state index contributed by atoms with van der Waals surface area (Å²) in [6.45, 7) is 12.7. The first-order valence-corrected chi connectivity index (χ1v) is 19.2. The van der Waals surface area contributed by atoms with Crippen molar-refractivity contribution < 1.29 is 30.0 Å². The first-order chi connectivity index (χ1) is 23.6. The Balaban J connectivity index is 1.08. The van der Waals surface area contributed by atoms with E-state index in [1.54, 1.807) is 6.92 Å². The number of aryl methyl sites for hydroxylation is 3. The molecule has 0 aliphatic heterocycles. The van der Waals surface area contributed by atoms with Gasteiger partial charge in [-0.1, -0.05) is 45.0 Å². The van der Waals surface area contributed by atoms with Crippen LogP contribution >= 0.6 is 0 Å². The fourth-order valence-electron chi connectivity index (χ4n) is 11.8. The van der Waals surface area contributed by atoms with E-state index in [1.165, 1.54) is 5.56 Å². The van der Waals surface area contributed by atoms with Crippen LogP contribution in [0.2, 0.25) is 0 Å². The Bertz CT molecular complexity index is 1580. The highest BCUT2D eigenvalue weighted by Crippen LogP contribution is 2.69. The second kappa shape index (κ2) is 14.0. The molecule has 5 N–H and O–H groups in total. The van der Waals surface area contributed by atoms with Gasteiger partial charge in [-0.15, -0.1) is 0 Å². The van der Waals surface area contributed by atoms with Gasteiger partial charge in [0, 0.05) is 24.3 Å². The standard InChI is InChI=1S/C42H60N2O6/c1-24(7-14-37(48)49)31-12-13-32-39-33(21-36(47)41(31,32)6)40(5)17-18-42(50,22-30(40)20-35(39)46)16-15-28-8-10-29(11-9-28)23-43-34-19-25(2)44-26(3)38(34)27(4)45/h8-11,19,24,30-33,35-36,39,46-47,50H,7,12-18,20-23H2,1-6H3,(H,43,44)(H,48,49)/t24-,30?,31-,32?,33?,35-,36+,39?,40+,41-,42-/m1/s1. The van der Waals surface area contributed by atoms with E-state index in [2.05, 4.69) is 55.3 Å². The minimum Gasteiger partial charge on any atom is -0.481 e. The summed E-state index contributed by atoms with van der Waals surface area (Å²) in [4.78, 5) is 28.0. The highest BCUT2D eigenvalue weighted by molar-refractivity contribution is 6.00. The zero-order chi connectivity index (χ0) is 36.2. The van der Waals surface area contributed by atoms with Crippen LogP contribution in [0.5, 0.6) is 0 Å². The Labute approximate surface area is 298 Å². The van der Waals surface area contributed by atoms with Gasteiger partial charge in [0.15, 0.2) is 5.78 Å². The second-order valence-electron chi connectivity index (χ2n) is 17.4. The van der Waals surface area contributed by atoms with Gasteiger partial charge in [-0.25, -0.2) is 0 Å². The largest absolute Gasteiger partial charge is 0.481 e. The van der Waals surface area contributed by atoms with Crippen LogP contribution in [0.4, 0.5) is 5.69 Å². The Morgan fingerprint density at radius 1 is 1.02 bits per heavy atom. The number of hydrogen-bond donors (Lipinski definition) is 5. The molecule has 4 fully saturated rings. The number of carboxylic acid groups (broad SMARTS) is 1. The quantitative estimate of drug-likeness (QED) is 0.155. The van der Waals surface area contributed by atoms with Crippen molar-refractivity contribution >= 4 is 17.4 Å². The van der Waals surface area contributed by atoms with E-state index < -0.39 is 23.8 Å². The number of aliphatic carboxylic acids is 1. The van der Waals surface area contributed by atoms with E-state index in [0.717, 1.165) is 54.7 Å². The molecule has 4 aliphatic rings. The van der Waals surface area contributed by atoms with Crippen molar-refractivity contribution in [1.82, 2.24) is 4.98 Å². The molecule has 0 amide bonds. The summed E-state index contributed by atoms with van der Waals surface area (Å²) in [5.41, 5.74) is 4.23. The van der Waals surface area contributed by atoms with Crippen LogP contribution < -0.4 is 5.32 Å². The zero-order valence-corrected chi connectivity index (χ0v) is 31.0. The highest BCUT2D eigenvalue weighted by Gasteiger charge is 2.66. The third-order valence-electron chi connectivity index (χ3n) is 14.6. The van der Waals surface area contributed by atoms with E-state index in [-0.39, 0.29) is 58.5 Å². The molecule has 8 nitrogen and oxygen atoms in total. The van der Waals surface area contributed by atoms with Crippen molar-refractivity contribution in [2.24, 2.45) is 46.3 Å². The number of benzene rings is 1. The number of Topliss-reactive ketones (excluding diaryl/α,β-unsaturated/α-hetero) is 1. The van der Waals surface area contributed by atoms with Crippen LogP contribution in [0.25, 0.3) is 0 Å². The van der Waals surface area contributed by atoms with Gasteiger partial charge in [-0.05, 0) is 149 Å². The number of aromatic nitrogens is 1. The van der Waals surface area contributed by atoms with Gasteiger partial charge in [0.25, 0.3) is 0 Å². The maximum atomic E-state index is 12.2. The van der Waals surface area contributed by atoms with Crippen molar-refractivity contribution in [3.63, 3.8) is 0 Å². The second-order valence-corrected chi connectivity index (χ2v) is 17.4. The Morgan fingerprint density at radius 3 is 2.40 bits per heavy atom. The molecule has 1 heterocycles. The molecule has 11 atom stereocenters. The van der Waals surface area contributed by atoms with Crippen molar-refractivity contribution in [3.05, 3.63) is 58.4 Å². The third kappa shape index (κ3) is 6.77. The monoisotopic (exact) mass is 688 g/mol. The predicted octanol–water partition coefficient (Wildman–Crippen LogP) is 7.28. The number of anilines is 1. The van der Waals surface area contributed by atoms with Crippen molar-refractivity contribution in [3.8, 4) is 0 Å². The maximum absolute atomic E-state index is 12.2. The van der Waals surface area contributed by atoms with E-state index in [4.69, 9.17) is 0 Å². The minimum absolute atomic E-state index is 0.000901. The fraction of sp³-hybridized carbons (Fsp3) is 0.690. The lowest BCUT2D eigenvalue weighted by Gasteiger charge is -2.64. The number of aliphatic hydroxyl groups excluding tert-OH is 2. The van der Waals surface area contributed by atoms with Crippen LogP contribution in [-0.2, 0) is 17.8 Å². The molecule has 0 saturated heterocycles. The first kappa shape index (κ1) is 37.0. The molecule has 274 valence electrons. The number of aliphatic hydroxyl groups is 3. The van der Waals surface area contributed by atoms with Crippen molar-refractivity contribution in [1.29, 1.82) is 0 Å². The average Bonchev–Trinajstić information content (AvgIpc) is 3.41. The number of rotatable bonds is 11. The van der Waals surface area contributed by atoms with E-state index in [1.807, 2.05) is 19.9 Å². The molecular formula is C42H60N2O6. The number of ketones is 1. The summed E-state index contributed by atoms with van der Waals surface area (Å²) in [7, 11) is 0. The van der Waals surface area contributed by atoms with E-state index in [0.29, 0.717) is 44.2 Å². The van der Waals surface area contributed by atoms with Gasteiger partial charge >= 0.3 is 5.97 Å². The Morgan fingerprint density at radius 2 is 1.72 bits per heavy atom. The molecule has 0 bridgehead atoms. The number of fused-ring (bicyclic) bond motifs is 5. The van der Waals surface area contributed by atoms with Gasteiger partial charge in [0.1, 0.15) is 0 Å². The molecule has 0 spiro atoms. The lowest BCUT2D eigenvalue weighted by atomic mass is 9.42. The molecular weight excluding hydrogens is 628 g/mol. The highest BCUT2D eigenvalue weighted by atomic mass is 16.4. The number of carbonyl (C=O) groups excluding carboxylic acids is 1. The average molecular weight is 689 g/mol. The predicted molar refractivity (Wildman–Crippen MR) is 195 cm³/mol. The number of hydrogen-bond acceptors (Lipinski definition) is 7. The van der Waals surface area contributed by atoms with Crippen molar-refractivity contribution in [2.75, 3.05) is 5.32 Å². The van der Waals surface area contributed by atoms with Crippen LogP contribution in [0.1, 0.15) is 125 Å². The van der Waals surface area contributed by atoms with E-state index in [9.17, 15) is 30.0 Å². The van der Waals surface area contributed by atoms with Gasteiger partial charge in [-0.3, -0.25) is 14.6 Å². The molecule has 2 aromatic rings. The SMILES string of the molecule is CC(=O)c1c(NCc2ccc(CC[C@@]3(O)CC[C@@]4(C)C(C[C@@H](O)C5C4C[C@H](O)[C@@]4(C)C5CC[C@@H]4[C@H](C)CCC(=O)O)C3)cc2)cc(C)nc1C. The minimum atomic E-state index is -0.781. The number of carboxylic acids is 1. The zero-order valence-electron chi connectivity index (χ0n) is 31.0. The molecule has 0 radical (unpaired) electrons. The lowest BCUT2D eigenvalue weighted by molar-refractivity contribution is -0.216. The molecule has 1 aromatic heterocycles. The normalized spacial score (nSPS) is 36.9. The summed E-state index contributed by atoms with van der Waals surface area (Å²) < 4.78 is 0. The molecule has 4 saturated carbocycles. The third-order valence-corrected chi connectivity index (χ3v) is 14.6. The summed E-state index contributed by atoms with van der Waals surface area (Å²) in [5, 5.41) is 48.4. The number of pyridine rings is 1. The fourth-order valence-corrected chi connectivity index (χ4v) is 11.8. The Kier molecular flexibility index (Phi) is 10.3. The number of nitrogens with zero attached hydrogens (tertiary/aromatic N) is 1. The maximum Gasteiger partial charge on any atom is 0.303 e. The first-order valence-electron chi connectivity index (χ1n) is 19.2. The molecule has 1 aromatic carbocycles.